The van der Waals surface area contributed by atoms with Crippen molar-refractivity contribution in [3.05, 3.63) is 53.1 Å². The van der Waals surface area contributed by atoms with Crippen molar-refractivity contribution < 1.29 is 14.2 Å². The fourth-order valence-corrected chi connectivity index (χ4v) is 3.13. The Bertz CT molecular complexity index is 1050. The summed E-state index contributed by atoms with van der Waals surface area (Å²) < 4.78 is 16.2. The maximum Gasteiger partial charge on any atom is 0.203 e. The molecule has 142 valence electrons. The molecule has 0 aliphatic heterocycles. The second-order valence-electron chi connectivity index (χ2n) is 5.85. The Morgan fingerprint density at radius 1 is 0.964 bits per heavy atom. The van der Waals surface area contributed by atoms with Gasteiger partial charge in [0.2, 0.25) is 5.75 Å². The topological polar surface area (TPSA) is 90.4 Å². The molecule has 2 aromatic carbocycles. The predicted molar refractivity (Wildman–Crippen MR) is 109 cm³/mol. The van der Waals surface area contributed by atoms with E-state index in [-0.39, 0.29) is 11.4 Å². The number of pyridine rings is 1. The van der Waals surface area contributed by atoms with E-state index in [0.29, 0.717) is 39.1 Å². The highest BCUT2D eigenvalue weighted by atomic mass is 35.5. The Balaban J connectivity index is 2.28. The van der Waals surface area contributed by atoms with Crippen LogP contribution >= 0.6 is 11.6 Å². The molecule has 3 aromatic rings. The Hall–Kier alpha value is -3.43. The van der Waals surface area contributed by atoms with Crippen molar-refractivity contribution in [2.45, 2.75) is 0 Å². The number of nitrogens with zero attached hydrogens (tertiary/aromatic N) is 2. The Labute approximate surface area is 168 Å². The summed E-state index contributed by atoms with van der Waals surface area (Å²) in [5.41, 5.74) is 9.03. The van der Waals surface area contributed by atoms with Crippen LogP contribution in [0, 0.1) is 11.3 Å². The SMILES string of the molecule is COc1cc(-c2cc(-c3cccc(Cl)c3)nc(N)c2C#N)cc(OC)c1OC. The van der Waals surface area contributed by atoms with Crippen molar-refractivity contribution in [1.29, 1.82) is 5.26 Å². The van der Waals surface area contributed by atoms with Crippen LogP contribution in [0.4, 0.5) is 5.82 Å². The van der Waals surface area contributed by atoms with E-state index < -0.39 is 0 Å². The third-order valence-electron chi connectivity index (χ3n) is 4.26. The van der Waals surface area contributed by atoms with Gasteiger partial charge in [0.1, 0.15) is 17.5 Å². The number of halogens is 1. The van der Waals surface area contributed by atoms with Crippen LogP contribution in [-0.4, -0.2) is 26.3 Å². The number of nitrogen functional groups attached to an aromatic ring is 1. The number of rotatable bonds is 5. The average Bonchev–Trinajstić information content (AvgIpc) is 2.71. The van der Waals surface area contributed by atoms with Gasteiger partial charge in [0.25, 0.3) is 0 Å². The molecule has 1 aromatic heterocycles. The van der Waals surface area contributed by atoms with Crippen LogP contribution in [-0.2, 0) is 0 Å². The summed E-state index contributed by atoms with van der Waals surface area (Å²) in [4.78, 5) is 4.37. The molecule has 3 rings (SSSR count). The maximum absolute atomic E-state index is 9.64. The van der Waals surface area contributed by atoms with Crippen molar-refractivity contribution in [2.75, 3.05) is 27.1 Å². The number of benzene rings is 2. The molecule has 0 fully saturated rings. The molecular weight excluding hydrogens is 378 g/mol. The minimum atomic E-state index is 0.128. The van der Waals surface area contributed by atoms with Gasteiger partial charge < -0.3 is 19.9 Å². The van der Waals surface area contributed by atoms with Gasteiger partial charge in [-0.3, -0.25) is 0 Å². The number of anilines is 1. The van der Waals surface area contributed by atoms with E-state index in [1.165, 1.54) is 21.3 Å². The second kappa shape index (κ2) is 8.07. The zero-order valence-corrected chi connectivity index (χ0v) is 16.4. The maximum atomic E-state index is 9.64. The zero-order valence-electron chi connectivity index (χ0n) is 15.6. The van der Waals surface area contributed by atoms with Crippen LogP contribution in [0.15, 0.2) is 42.5 Å². The van der Waals surface area contributed by atoms with Crippen LogP contribution in [0.5, 0.6) is 17.2 Å². The molecule has 0 aliphatic carbocycles. The van der Waals surface area contributed by atoms with Crippen LogP contribution in [0.2, 0.25) is 5.02 Å². The van der Waals surface area contributed by atoms with Crippen LogP contribution in [0.3, 0.4) is 0 Å². The van der Waals surface area contributed by atoms with Crippen LogP contribution in [0.25, 0.3) is 22.4 Å². The van der Waals surface area contributed by atoms with Gasteiger partial charge in [-0.15, -0.1) is 0 Å². The zero-order chi connectivity index (χ0) is 20.3. The summed E-state index contributed by atoms with van der Waals surface area (Å²) in [7, 11) is 4.59. The molecule has 0 spiro atoms. The van der Waals surface area contributed by atoms with Gasteiger partial charge in [-0.2, -0.15) is 5.26 Å². The molecule has 7 heteroatoms. The minimum Gasteiger partial charge on any atom is -0.493 e. The largest absolute Gasteiger partial charge is 0.493 e. The van der Waals surface area contributed by atoms with Gasteiger partial charge in [0.05, 0.1) is 27.0 Å². The first-order chi connectivity index (χ1) is 13.5. The Morgan fingerprint density at radius 3 is 2.18 bits per heavy atom. The summed E-state index contributed by atoms with van der Waals surface area (Å²) in [5, 5.41) is 10.2. The number of aromatic nitrogens is 1. The molecule has 28 heavy (non-hydrogen) atoms. The van der Waals surface area contributed by atoms with E-state index in [1.54, 1.807) is 30.3 Å². The molecule has 6 nitrogen and oxygen atoms in total. The van der Waals surface area contributed by atoms with Gasteiger partial charge >= 0.3 is 0 Å². The lowest BCUT2D eigenvalue weighted by molar-refractivity contribution is 0.324. The molecule has 0 atom stereocenters. The summed E-state index contributed by atoms with van der Waals surface area (Å²) in [6, 6.07) is 14.7. The van der Waals surface area contributed by atoms with E-state index >= 15 is 0 Å². The number of hydrogen-bond donors (Lipinski definition) is 1. The quantitative estimate of drug-likeness (QED) is 0.681. The first-order valence-electron chi connectivity index (χ1n) is 8.29. The lowest BCUT2D eigenvalue weighted by Crippen LogP contribution is -2.01. The van der Waals surface area contributed by atoms with E-state index in [4.69, 9.17) is 31.5 Å². The van der Waals surface area contributed by atoms with Crippen molar-refractivity contribution in [3.8, 4) is 45.7 Å². The highest BCUT2D eigenvalue weighted by Crippen LogP contribution is 2.43. The first kappa shape index (κ1) is 19.3. The highest BCUT2D eigenvalue weighted by Gasteiger charge is 2.19. The number of hydrogen-bond acceptors (Lipinski definition) is 6. The smallest absolute Gasteiger partial charge is 0.203 e. The van der Waals surface area contributed by atoms with E-state index in [0.717, 1.165) is 5.56 Å². The van der Waals surface area contributed by atoms with E-state index in [2.05, 4.69) is 11.1 Å². The molecule has 0 saturated heterocycles. The van der Waals surface area contributed by atoms with Gasteiger partial charge in [0, 0.05) is 16.1 Å². The molecule has 0 unspecified atom stereocenters. The Morgan fingerprint density at radius 2 is 1.64 bits per heavy atom. The molecular formula is C21H18ClN3O3. The van der Waals surface area contributed by atoms with E-state index in [1.807, 2.05) is 12.1 Å². The van der Waals surface area contributed by atoms with Gasteiger partial charge in [0.15, 0.2) is 11.5 Å². The first-order valence-corrected chi connectivity index (χ1v) is 8.67. The molecule has 1 heterocycles. The molecule has 0 radical (unpaired) electrons. The van der Waals surface area contributed by atoms with Gasteiger partial charge in [-0.1, -0.05) is 23.7 Å². The fraction of sp³-hybridized carbons (Fsp3) is 0.143. The van der Waals surface area contributed by atoms with E-state index in [9.17, 15) is 5.26 Å². The van der Waals surface area contributed by atoms with Crippen molar-refractivity contribution in [3.63, 3.8) is 0 Å². The summed E-state index contributed by atoms with van der Waals surface area (Å²) in [5.74, 6) is 1.54. The summed E-state index contributed by atoms with van der Waals surface area (Å²) in [6.07, 6.45) is 0. The normalized spacial score (nSPS) is 10.2. The Kier molecular flexibility index (Phi) is 5.57. The highest BCUT2D eigenvalue weighted by molar-refractivity contribution is 6.30. The number of ether oxygens (including phenoxy) is 3. The molecule has 0 aliphatic rings. The molecule has 0 amide bonds. The minimum absolute atomic E-state index is 0.128. The van der Waals surface area contributed by atoms with Crippen molar-refractivity contribution in [2.24, 2.45) is 0 Å². The second-order valence-corrected chi connectivity index (χ2v) is 6.29. The number of nitrogens with two attached hydrogens (primary N) is 1. The monoisotopic (exact) mass is 395 g/mol. The van der Waals surface area contributed by atoms with Gasteiger partial charge in [-0.05, 0) is 35.9 Å². The fourth-order valence-electron chi connectivity index (χ4n) is 2.94. The van der Waals surface area contributed by atoms with Crippen molar-refractivity contribution in [1.82, 2.24) is 4.98 Å². The third kappa shape index (κ3) is 3.53. The number of methoxy groups -OCH3 is 3. The van der Waals surface area contributed by atoms with Gasteiger partial charge in [-0.25, -0.2) is 4.98 Å². The van der Waals surface area contributed by atoms with Crippen LogP contribution < -0.4 is 19.9 Å². The summed E-state index contributed by atoms with van der Waals surface area (Å²) in [6.45, 7) is 0. The lowest BCUT2D eigenvalue weighted by atomic mass is 9.97. The predicted octanol–water partition coefficient (Wildman–Crippen LogP) is 4.55. The molecule has 2 N–H and O–H groups in total. The standard InChI is InChI=1S/C21H18ClN3O3/c1-26-18-8-13(9-19(27-2)20(18)28-3)15-10-17(25-21(24)16(15)11-23)12-5-4-6-14(22)7-12/h4-10H,1-3H3,(H2,24,25). The molecule has 0 saturated carbocycles. The van der Waals surface area contributed by atoms with Crippen LogP contribution in [0.1, 0.15) is 5.56 Å². The van der Waals surface area contributed by atoms with Crippen molar-refractivity contribution >= 4 is 17.4 Å². The lowest BCUT2D eigenvalue weighted by Gasteiger charge is -2.16. The molecule has 0 bridgehead atoms. The average molecular weight is 396 g/mol. The number of nitriles is 1. The third-order valence-corrected chi connectivity index (χ3v) is 4.49. The summed E-state index contributed by atoms with van der Waals surface area (Å²) >= 11 is 6.10.